The van der Waals surface area contributed by atoms with Crippen LogP contribution in [0.15, 0.2) is 42.5 Å². The van der Waals surface area contributed by atoms with Gasteiger partial charge in [-0.1, -0.05) is 30.3 Å². The number of benzene rings is 2. The third kappa shape index (κ3) is 12.9. The van der Waals surface area contributed by atoms with Gasteiger partial charge in [-0.2, -0.15) is 0 Å². The molecule has 0 aliphatic carbocycles. The summed E-state index contributed by atoms with van der Waals surface area (Å²) in [6.07, 6.45) is 6.88. The van der Waals surface area contributed by atoms with Crippen molar-refractivity contribution in [3.05, 3.63) is 59.4 Å². The Morgan fingerprint density at radius 1 is 0.902 bits per heavy atom. The van der Waals surface area contributed by atoms with Gasteiger partial charge in [0.1, 0.15) is 5.75 Å². The van der Waals surface area contributed by atoms with Crippen LogP contribution in [0.25, 0.3) is 0 Å². The molecule has 2 aromatic rings. The van der Waals surface area contributed by atoms with Gasteiger partial charge in [-0.25, -0.2) is 14.0 Å². The van der Waals surface area contributed by atoms with E-state index < -0.39 is 11.4 Å². The van der Waals surface area contributed by atoms with E-state index in [9.17, 15) is 14.7 Å². The van der Waals surface area contributed by atoms with Crippen LogP contribution >= 0.6 is 0 Å². The average molecular weight is 715 g/mol. The first kappa shape index (κ1) is 42.0. The number of likely N-dealkylation sites (N-methyl/N-ethyl adjacent to an activating group) is 2. The number of amides is 4. The van der Waals surface area contributed by atoms with Gasteiger partial charge < -0.3 is 45.6 Å². The van der Waals surface area contributed by atoms with Crippen molar-refractivity contribution in [2.75, 3.05) is 67.1 Å². The van der Waals surface area contributed by atoms with Crippen LogP contribution in [0.5, 0.6) is 11.5 Å². The number of likely N-dealkylation sites (tertiary alicyclic amines) is 2. The van der Waals surface area contributed by atoms with Gasteiger partial charge in [-0.05, 0) is 104 Å². The number of nitrogens with zero attached hydrogens (tertiary/aromatic N) is 2. The quantitative estimate of drug-likeness (QED) is 0.149. The van der Waals surface area contributed by atoms with Crippen molar-refractivity contribution >= 4 is 12.1 Å². The monoisotopic (exact) mass is 714 g/mol. The summed E-state index contributed by atoms with van der Waals surface area (Å²) in [4.78, 5) is 28.3. The average Bonchev–Trinajstić information content (AvgIpc) is 3.12. The zero-order chi connectivity index (χ0) is 37.2. The molecule has 0 saturated carbocycles. The summed E-state index contributed by atoms with van der Waals surface area (Å²) in [7, 11) is 5.39. The number of aliphatic hydroxyl groups is 1. The normalized spacial score (nSPS) is 18.5. The fourth-order valence-electron chi connectivity index (χ4n) is 6.90. The summed E-state index contributed by atoms with van der Waals surface area (Å²) in [5.74, 6) is -0.230. The van der Waals surface area contributed by atoms with Crippen LogP contribution in [0.2, 0.25) is 0 Å². The molecule has 4 amide bonds. The molecule has 0 spiro atoms. The van der Waals surface area contributed by atoms with Crippen LogP contribution in [-0.2, 0) is 10.3 Å². The number of piperidine rings is 2. The number of carbonyl (C=O) groups is 2. The molecule has 2 saturated heterocycles. The lowest BCUT2D eigenvalue weighted by Crippen LogP contribution is -2.53. The van der Waals surface area contributed by atoms with E-state index in [-0.39, 0.29) is 35.8 Å². The highest BCUT2D eigenvalue weighted by Crippen LogP contribution is 2.45. The summed E-state index contributed by atoms with van der Waals surface area (Å²) >= 11 is 0. The van der Waals surface area contributed by atoms with Crippen molar-refractivity contribution in [3.63, 3.8) is 0 Å². The summed E-state index contributed by atoms with van der Waals surface area (Å²) in [6.45, 7) is 10.7. The van der Waals surface area contributed by atoms with Gasteiger partial charge >= 0.3 is 12.1 Å². The van der Waals surface area contributed by atoms with Crippen LogP contribution in [0.4, 0.5) is 14.0 Å². The maximum atomic E-state index is 15.3. The Bertz CT molecular complexity index is 1340. The van der Waals surface area contributed by atoms with Gasteiger partial charge in [-0.3, -0.25) is 0 Å². The molecule has 5 N–H and O–H groups in total. The number of hydrogen-bond acceptors (Lipinski definition) is 7. The van der Waals surface area contributed by atoms with Gasteiger partial charge in [0.25, 0.3) is 0 Å². The molecule has 0 bridgehead atoms. The standard InChI is InChI=1S/C29H42FN3O4.C10H21N3O/c1-21-11-5-6-15-26(21)37-27-24(13-9-14-25(27)30)29(35,16-7-8-18-36-4)23-12-10-17-33(20-23)28(34)32-22(2)19-31-3;1-9(8-11-2)12-10(14)13-6-4-3-5-7-13/h5-6,9,11,13-15,22-23,31,35H,7-8,10,12,16-20H2,1-4H3,(H,32,34);9,11H,3-8H2,1-2H3,(H,12,14)/t22-,23+,29-;9-/m00/s1. The molecule has 0 unspecified atom stereocenters. The second-order valence-electron chi connectivity index (χ2n) is 14.0. The first-order chi connectivity index (χ1) is 24.5. The molecule has 2 fully saturated rings. The number of para-hydroxylation sites is 2. The lowest BCUT2D eigenvalue weighted by Gasteiger charge is -2.43. The Morgan fingerprint density at radius 2 is 1.53 bits per heavy atom. The molecule has 0 radical (unpaired) electrons. The zero-order valence-electron chi connectivity index (χ0n) is 31.7. The van der Waals surface area contributed by atoms with Crippen molar-refractivity contribution in [2.45, 2.75) is 89.8 Å². The zero-order valence-corrected chi connectivity index (χ0v) is 31.7. The first-order valence-electron chi connectivity index (χ1n) is 18.7. The Balaban J connectivity index is 0.000000419. The molecular weight excluding hydrogens is 651 g/mol. The van der Waals surface area contributed by atoms with Crippen molar-refractivity contribution < 1.29 is 28.6 Å². The van der Waals surface area contributed by atoms with Gasteiger partial charge in [0.15, 0.2) is 11.6 Å². The molecule has 2 aliphatic heterocycles. The maximum Gasteiger partial charge on any atom is 0.317 e. The SMILES string of the molecule is CNC[C@H](C)NC(=O)N1CCCCC1.CNC[C@H](C)NC(=O)N1CCC[C@@H]([C@@](O)(CCCCOC)c2cccc(F)c2Oc2ccccc2C)C1. The van der Waals surface area contributed by atoms with Crippen LogP contribution < -0.4 is 26.0 Å². The van der Waals surface area contributed by atoms with E-state index in [2.05, 4.69) is 21.3 Å². The largest absolute Gasteiger partial charge is 0.454 e. The second kappa shape index (κ2) is 21.8. The van der Waals surface area contributed by atoms with Crippen LogP contribution in [-0.4, -0.2) is 106 Å². The molecule has 11 nitrogen and oxygen atoms in total. The molecule has 4 rings (SSSR count). The number of urea groups is 2. The van der Waals surface area contributed by atoms with Crippen molar-refractivity contribution in [2.24, 2.45) is 5.92 Å². The third-order valence-corrected chi connectivity index (χ3v) is 9.68. The van der Waals surface area contributed by atoms with E-state index in [1.54, 1.807) is 30.2 Å². The van der Waals surface area contributed by atoms with E-state index >= 15 is 4.39 Å². The summed E-state index contributed by atoms with van der Waals surface area (Å²) < 4.78 is 26.6. The lowest BCUT2D eigenvalue weighted by molar-refractivity contribution is -0.0577. The fraction of sp³-hybridized carbons (Fsp3) is 0.641. The second-order valence-corrected chi connectivity index (χ2v) is 14.0. The molecule has 12 heteroatoms. The molecule has 51 heavy (non-hydrogen) atoms. The van der Waals surface area contributed by atoms with E-state index in [1.165, 1.54) is 12.5 Å². The van der Waals surface area contributed by atoms with E-state index in [1.807, 2.05) is 58.0 Å². The topological polar surface area (TPSA) is 127 Å². The number of ether oxygens (including phenoxy) is 2. The van der Waals surface area contributed by atoms with E-state index in [4.69, 9.17) is 9.47 Å². The summed E-state index contributed by atoms with van der Waals surface area (Å²) in [5.41, 5.74) is -0.0934. The Morgan fingerprint density at radius 3 is 2.16 bits per heavy atom. The number of hydrogen-bond donors (Lipinski definition) is 5. The van der Waals surface area contributed by atoms with Crippen LogP contribution in [0, 0.1) is 18.7 Å². The van der Waals surface area contributed by atoms with Gasteiger partial charge in [0.05, 0.1) is 5.60 Å². The van der Waals surface area contributed by atoms with E-state index in [0.29, 0.717) is 50.4 Å². The minimum absolute atomic E-state index is 0.0249. The minimum atomic E-state index is -1.39. The number of rotatable bonds is 15. The summed E-state index contributed by atoms with van der Waals surface area (Å²) in [5, 5.41) is 24.5. The Labute approximate surface area is 305 Å². The molecule has 2 aromatic carbocycles. The first-order valence-corrected chi connectivity index (χ1v) is 18.7. The summed E-state index contributed by atoms with van der Waals surface area (Å²) in [6, 6.07) is 12.3. The number of unbranched alkanes of at least 4 members (excludes halogenated alkanes) is 1. The predicted molar refractivity (Wildman–Crippen MR) is 201 cm³/mol. The number of halogens is 1. The van der Waals surface area contributed by atoms with Crippen LogP contribution in [0.3, 0.4) is 0 Å². The van der Waals surface area contributed by atoms with E-state index in [0.717, 1.165) is 57.3 Å². The maximum absolute atomic E-state index is 15.3. The third-order valence-electron chi connectivity index (χ3n) is 9.68. The highest BCUT2D eigenvalue weighted by Gasteiger charge is 2.43. The molecular formula is C39H63FN6O5. The molecule has 0 aromatic heterocycles. The van der Waals surface area contributed by atoms with Crippen molar-refractivity contribution in [1.82, 2.24) is 31.1 Å². The van der Waals surface area contributed by atoms with Crippen LogP contribution in [0.1, 0.15) is 76.3 Å². The number of carbonyl (C=O) groups excluding carboxylic acids is 2. The Kier molecular flexibility index (Phi) is 17.9. The Hall–Kier alpha value is -3.45. The van der Waals surface area contributed by atoms with Gasteiger partial charge in [0.2, 0.25) is 0 Å². The van der Waals surface area contributed by atoms with Gasteiger partial charge in [-0.15, -0.1) is 0 Å². The van der Waals surface area contributed by atoms with Crippen molar-refractivity contribution in [1.29, 1.82) is 0 Å². The molecule has 286 valence electrons. The molecule has 4 atom stereocenters. The number of aryl methyl sites for hydroxylation is 1. The van der Waals surface area contributed by atoms with Gasteiger partial charge in [0, 0.05) is 76.6 Å². The molecule has 2 aliphatic rings. The minimum Gasteiger partial charge on any atom is -0.454 e. The number of methoxy groups -OCH3 is 1. The lowest BCUT2D eigenvalue weighted by atomic mass is 9.73. The highest BCUT2D eigenvalue weighted by molar-refractivity contribution is 5.75. The predicted octanol–water partition coefficient (Wildman–Crippen LogP) is 5.75. The fourth-order valence-corrected chi connectivity index (χ4v) is 6.90. The smallest absolute Gasteiger partial charge is 0.317 e. The highest BCUT2D eigenvalue weighted by atomic mass is 19.1. The molecule has 2 heterocycles. The van der Waals surface area contributed by atoms with Crippen molar-refractivity contribution in [3.8, 4) is 11.5 Å². The number of nitrogens with one attached hydrogen (secondary N) is 4.